The van der Waals surface area contributed by atoms with Crippen molar-refractivity contribution < 1.29 is 9.32 Å². The molecule has 0 N–H and O–H groups in total. The molecule has 0 spiro atoms. The summed E-state index contributed by atoms with van der Waals surface area (Å²) in [6.45, 7) is 5.45. The number of amides is 1. The molecule has 3 heterocycles. The van der Waals surface area contributed by atoms with Gasteiger partial charge in [-0.05, 0) is 12.8 Å². The third-order valence-electron chi connectivity index (χ3n) is 3.98. The molecule has 22 heavy (non-hydrogen) atoms. The molecule has 3 rings (SSSR count). The molecular formula is C15H21N5O2. The topological polar surface area (TPSA) is 77.0 Å². The maximum absolute atomic E-state index is 12.5. The van der Waals surface area contributed by atoms with Gasteiger partial charge >= 0.3 is 0 Å². The molecule has 118 valence electrons. The number of aromatic nitrogens is 4. The molecule has 1 aliphatic rings. The molecule has 0 saturated carbocycles. The highest BCUT2D eigenvalue weighted by molar-refractivity contribution is 5.93. The summed E-state index contributed by atoms with van der Waals surface area (Å²) in [7, 11) is 1.81. The molecule has 1 atom stereocenters. The minimum atomic E-state index is 0.0152. The van der Waals surface area contributed by atoms with Crippen LogP contribution >= 0.6 is 0 Å². The summed E-state index contributed by atoms with van der Waals surface area (Å²) in [5, 5.41) is 8.08. The fourth-order valence-electron chi connectivity index (χ4n) is 2.72. The van der Waals surface area contributed by atoms with Crippen LogP contribution in [-0.4, -0.2) is 43.8 Å². The van der Waals surface area contributed by atoms with Crippen molar-refractivity contribution in [1.29, 1.82) is 0 Å². The second kappa shape index (κ2) is 5.90. The van der Waals surface area contributed by atoms with Crippen molar-refractivity contribution in [3.8, 4) is 0 Å². The van der Waals surface area contributed by atoms with Gasteiger partial charge in [-0.3, -0.25) is 9.48 Å². The van der Waals surface area contributed by atoms with Crippen molar-refractivity contribution in [2.45, 2.75) is 38.5 Å². The minimum Gasteiger partial charge on any atom is -0.339 e. The number of rotatable bonds is 3. The van der Waals surface area contributed by atoms with Gasteiger partial charge in [-0.25, -0.2) is 0 Å². The fourth-order valence-corrected chi connectivity index (χ4v) is 2.72. The molecule has 7 heteroatoms. The maximum Gasteiger partial charge on any atom is 0.257 e. The molecular weight excluding hydrogens is 282 g/mol. The van der Waals surface area contributed by atoms with Crippen molar-refractivity contribution in [2.24, 2.45) is 7.05 Å². The van der Waals surface area contributed by atoms with E-state index >= 15 is 0 Å². The van der Waals surface area contributed by atoms with Gasteiger partial charge in [0.1, 0.15) is 0 Å². The molecule has 1 unspecified atom stereocenters. The Balaban J connectivity index is 1.72. The van der Waals surface area contributed by atoms with Crippen molar-refractivity contribution in [2.75, 3.05) is 13.1 Å². The summed E-state index contributed by atoms with van der Waals surface area (Å²) < 4.78 is 7.03. The summed E-state index contributed by atoms with van der Waals surface area (Å²) in [6, 6.07) is 0. The van der Waals surface area contributed by atoms with Gasteiger partial charge in [0.05, 0.1) is 17.7 Å². The van der Waals surface area contributed by atoms with Crippen LogP contribution in [0.5, 0.6) is 0 Å². The maximum atomic E-state index is 12.5. The van der Waals surface area contributed by atoms with Crippen molar-refractivity contribution >= 4 is 5.91 Å². The summed E-state index contributed by atoms with van der Waals surface area (Å²) >= 11 is 0. The molecule has 1 fully saturated rings. The van der Waals surface area contributed by atoms with Crippen molar-refractivity contribution in [3.05, 3.63) is 29.7 Å². The predicted molar refractivity (Wildman–Crippen MR) is 79.5 cm³/mol. The van der Waals surface area contributed by atoms with E-state index in [-0.39, 0.29) is 17.7 Å². The standard InChI is InChI=1S/C15H21N5O2/c1-10(2)13-17-14(22-18-13)11-5-4-6-20(9-11)15(21)12-7-16-19(3)8-12/h7-8,10-11H,4-6,9H2,1-3H3. The Kier molecular flexibility index (Phi) is 3.96. The molecule has 0 bridgehead atoms. The molecule has 1 saturated heterocycles. The molecule has 2 aromatic rings. The monoisotopic (exact) mass is 303 g/mol. The van der Waals surface area contributed by atoms with E-state index in [2.05, 4.69) is 15.2 Å². The van der Waals surface area contributed by atoms with Crippen LogP contribution in [0.2, 0.25) is 0 Å². The van der Waals surface area contributed by atoms with Gasteiger partial charge in [-0.1, -0.05) is 19.0 Å². The second-order valence-corrected chi connectivity index (χ2v) is 6.14. The highest BCUT2D eigenvalue weighted by Gasteiger charge is 2.29. The lowest BCUT2D eigenvalue weighted by atomic mass is 9.97. The average Bonchev–Trinajstić information content (AvgIpc) is 3.15. The van der Waals surface area contributed by atoms with Crippen molar-refractivity contribution in [3.63, 3.8) is 0 Å². The van der Waals surface area contributed by atoms with Crippen LogP contribution in [-0.2, 0) is 7.05 Å². The zero-order valence-electron chi connectivity index (χ0n) is 13.2. The Morgan fingerprint density at radius 2 is 2.27 bits per heavy atom. The van der Waals surface area contributed by atoms with Crippen LogP contribution in [0.15, 0.2) is 16.9 Å². The third-order valence-corrected chi connectivity index (χ3v) is 3.98. The quantitative estimate of drug-likeness (QED) is 0.866. The summed E-state index contributed by atoms with van der Waals surface area (Å²) in [5.41, 5.74) is 0.622. The Bertz CT molecular complexity index is 660. The second-order valence-electron chi connectivity index (χ2n) is 6.14. The number of aryl methyl sites for hydroxylation is 1. The van der Waals surface area contributed by atoms with E-state index in [9.17, 15) is 4.79 Å². The lowest BCUT2D eigenvalue weighted by molar-refractivity contribution is 0.0695. The van der Waals surface area contributed by atoms with E-state index < -0.39 is 0 Å². The summed E-state index contributed by atoms with van der Waals surface area (Å²) in [4.78, 5) is 18.8. The predicted octanol–water partition coefficient (Wildman–Crippen LogP) is 1.95. The number of hydrogen-bond acceptors (Lipinski definition) is 5. The first-order valence-electron chi connectivity index (χ1n) is 7.66. The molecule has 7 nitrogen and oxygen atoms in total. The van der Waals surface area contributed by atoms with Crippen LogP contribution in [0, 0.1) is 0 Å². The van der Waals surface area contributed by atoms with Gasteiger partial charge in [0, 0.05) is 32.3 Å². The first-order chi connectivity index (χ1) is 10.5. The minimum absolute atomic E-state index is 0.0152. The normalized spacial score (nSPS) is 18.9. The Morgan fingerprint density at radius 3 is 2.91 bits per heavy atom. The molecule has 0 radical (unpaired) electrons. The highest BCUT2D eigenvalue weighted by atomic mass is 16.5. The SMILES string of the molecule is CC(C)c1noc(C2CCCN(C(=O)c3cnn(C)c3)C2)n1. The lowest BCUT2D eigenvalue weighted by Crippen LogP contribution is -2.39. The van der Waals surface area contributed by atoms with Crippen LogP contribution in [0.25, 0.3) is 0 Å². The number of piperidine rings is 1. The van der Waals surface area contributed by atoms with Crippen LogP contribution in [0.3, 0.4) is 0 Å². The Hall–Kier alpha value is -2.18. The first kappa shape index (κ1) is 14.7. The number of hydrogen-bond donors (Lipinski definition) is 0. The van der Waals surface area contributed by atoms with Gasteiger partial charge in [-0.2, -0.15) is 10.1 Å². The number of nitrogens with zero attached hydrogens (tertiary/aromatic N) is 5. The van der Waals surface area contributed by atoms with Crippen LogP contribution in [0.1, 0.15) is 60.6 Å². The van der Waals surface area contributed by atoms with E-state index in [1.807, 2.05) is 25.8 Å². The zero-order chi connectivity index (χ0) is 15.7. The molecule has 2 aromatic heterocycles. The summed E-state index contributed by atoms with van der Waals surface area (Å²) in [5.74, 6) is 1.75. The molecule has 0 aliphatic carbocycles. The highest BCUT2D eigenvalue weighted by Crippen LogP contribution is 2.27. The van der Waals surface area contributed by atoms with Crippen LogP contribution in [0.4, 0.5) is 0 Å². The lowest BCUT2D eigenvalue weighted by Gasteiger charge is -2.30. The molecule has 0 aromatic carbocycles. The smallest absolute Gasteiger partial charge is 0.257 e. The molecule has 1 aliphatic heterocycles. The van der Waals surface area contributed by atoms with Crippen LogP contribution < -0.4 is 0 Å². The zero-order valence-corrected chi connectivity index (χ0v) is 13.2. The van der Waals surface area contributed by atoms with Gasteiger partial charge < -0.3 is 9.42 Å². The number of carbonyl (C=O) groups is 1. The third kappa shape index (κ3) is 2.88. The Labute approximate surface area is 129 Å². The summed E-state index contributed by atoms with van der Waals surface area (Å²) in [6.07, 6.45) is 5.26. The van der Waals surface area contributed by atoms with Gasteiger partial charge in [0.15, 0.2) is 5.82 Å². The van der Waals surface area contributed by atoms with E-state index in [0.29, 0.717) is 18.0 Å². The fraction of sp³-hybridized carbons (Fsp3) is 0.600. The first-order valence-corrected chi connectivity index (χ1v) is 7.66. The van der Waals surface area contributed by atoms with E-state index in [0.717, 1.165) is 25.2 Å². The average molecular weight is 303 g/mol. The van der Waals surface area contributed by atoms with Crippen molar-refractivity contribution in [1.82, 2.24) is 24.8 Å². The molecule has 1 amide bonds. The van der Waals surface area contributed by atoms with E-state index in [1.54, 1.807) is 17.1 Å². The van der Waals surface area contributed by atoms with E-state index in [4.69, 9.17) is 4.52 Å². The van der Waals surface area contributed by atoms with E-state index in [1.165, 1.54) is 0 Å². The largest absolute Gasteiger partial charge is 0.339 e. The van der Waals surface area contributed by atoms with Gasteiger partial charge in [0.25, 0.3) is 5.91 Å². The number of carbonyl (C=O) groups excluding carboxylic acids is 1. The Morgan fingerprint density at radius 1 is 1.45 bits per heavy atom. The number of likely N-dealkylation sites (tertiary alicyclic amines) is 1. The van der Waals surface area contributed by atoms with Gasteiger partial charge in [-0.15, -0.1) is 0 Å². The van der Waals surface area contributed by atoms with Gasteiger partial charge in [0.2, 0.25) is 5.89 Å².